The Balaban J connectivity index is 1.95. The third-order valence-electron chi connectivity index (χ3n) is 3.92. The Morgan fingerprint density at radius 1 is 1.14 bits per heavy atom. The number of amides is 1. The summed E-state index contributed by atoms with van der Waals surface area (Å²) in [6, 6.07) is 7.59. The molecule has 122 valence electrons. The minimum atomic E-state index is -3.36. The Hall–Kier alpha value is -1.56. The molecule has 6 heteroatoms. The van der Waals surface area contributed by atoms with E-state index in [-0.39, 0.29) is 0 Å². The van der Waals surface area contributed by atoms with Gasteiger partial charge in [0.25, 0.3) is 0 Å². The number of hydrogen-bond acceptors (Lipinski definition) is 4. The zero-order valence-electron chi connectivity index (χ0n) is 13.2. The van der Waals surface area contributed by atoms with Crippen LogP contribution in [0.1, 0.15) is 33.1 Å². The normalized spacial score (nSPS) is 15.9. The van der Waals surface area contributed by atoms with Crippen LogP contribution in [0.25, 0.3) is 0 Å². The molecule has 1 N–H and O–H groups in total. The largest absolute Gasteiger partial charge is 0.372 e. The first-order chi connectivity index (χ1) is 10.4. The van der Waals surface area contributed by atoms with E-state index < -0.39 is 26.7 Å². The number of carbonyl (C=O) groups excluding carboxylic acids is 1. The van der Waals surface area contributed by atoms with Crippen molar-refractivity contribution in [3.05, 3.63) is 24.3 Å². The van der Waals surface area contributed by atoms with Crippen molar-refractivity contribution < 1.29 is 13.2 Å². The number of piperidine rings is 1. The van der Waals surface area contributed by atoms with Crippen LogP contribution in [-0.4, -0.2) is 38.4 Å². The first-order valence-electron chi connectivity index (χ1n) is 7.75. The van der Waals surface area contributed by atoms with Gasteiger partial charge in [0.1, 0.15) is 5.75 Å². The van der Waals surface area contributed by atoms with Crippen LogP contribution in [0, 0.1) is 0 Å². The number of carbonyl (C=O) groups is 1. The van der Waals surface area contributed by atoms with Gasteiger partial charge in [0.2, 0.25) is 5.91 Å². The fraction of sp³-hybridized carbons (Fsp3) is 0.562. The fourth-order valence-corrected chi connectivity index (χ4v) is 3.23. The van der Waals surface area contributed by atoms with Crippen LogP contribution in [0.3, 0.4) is 0 Å². The maximum Gasteiger partial charge on any atom is 0.239 e. The van der Waals surface area contributed by atoms with Crippen LogP contribution >= 0.6 is 0 Å². The number of benzene rings is 1. The molecule has 0 spiro atoms. The van der Waals surface area contributed by atoms with E-state index in [1.807, 2.05) is 24.3 Å². The van der Waals surface area contributed by atoms with Crippen molar-refractivity contribution in [1.82, 2.24) is 0 Å². The number of sulfone groups is 1. The second-order valence-corrected chi connectivity index (χ2v) is 8.56. The van der Waals surface area contributed by atoms with Gasteiger partial charge in [0, 0.05) is 24.5 Å². The number of hydrogen-bond donors (Lipinski definition) is 1. The molecule has 0 atom stereocenters. The number of nitrogens with zero attached hydrogens (tertiary/aromatic N) is 1. The smallest absolute Gasteiger partial charge is 0.239 e. The minimum Gasteiger partial charge on any atom is -0.372 e. The van der Waals surface area contributed by atoms with Gasteiger partial charge in [-0.05, 0) is 57.4 Å². The van der Waals surface area contributed by atoms with Crippen molar-refractivity contribution in [2.24, 2.45) is 0 Å². The van der Waals surface area contributed by atoms with Crippen molar-refractivity contribution in [3.8, 4) is 0 Å². The Morgan fingerprint density at radius 3 is 2.27 bits per heavy atom. The summed E-state index contributed by atoms with van der Waals surface area (Å²) in [5, 5.41) is 2.10. The summed E-state index contributed by atoms with van der Waals surface area (Å²) < 4.78 is 23.4. The predicted molar refractivity (Wildman–Crippen MR) is 90.1 cm³/mol. The summed E-state index contributed by atoms with van der Waals surface area (Å²) in [5.74, 6) is -0.960. The average Bonchev–Trinajstić information content (AvgIpc) is 2.48. The zero-order chi connectivity index (χ0) is 16.2. The highest BCUT2D eigenvalue weighted by molar-refractivity contribution is 7.92. The van der Waals surface area contributed by atoms with Gasteiger partial charge >= 0.3 is 0 Å². The second-order valence-electron chi connectivity index (χ2n) is 6.00. The van der Waals surface area contributed by atoms with Crippen LogP contribution < -0.4 is 10.2 Å². The summed E-state index contributed by atoms with van der Waals surface area (Å²) in [6.45, 7) is 5.29. The van der Waals surface area contributed by atoms with Crippen molar-refractivity contribution in [1.29, 1.82) is 0 Å². The lowest BCUT2D eigenvalue weighted by Crippen LogP contribution is -2.29. The van der Waals surface area contributed by atoms with E-state index in [0.717, 1.165) is 18.8 Å². The summed E-state index contributed by atoms with van der Waals surface area (Å²) in [7, 11) is -3.36. The third kappa shape index (κ3) is 4.47. The SMILES string of the molecule is CC(C)S(=O)(=O)CC(=O)Nc1ccc(N2CCCCC2)cc1. The van der Waals surface area contributed by atoms with Gasteiger partial charge in [-0.3, -0.25) is 4.79 Å². The molecule has 1 saturated heterocycles. The maximum absolute atomic E-state index is 11.8. The summed E-state index contributed by atoms with van der Waals surface area (Å²) in [6.07, 6.45) is 3.71. The van der Waals surface area contributed by atoms with Gasteiger partial charge in [-0.1, -0.05) is 0 Å². The average molecular weight is 324 g/mol. The Labute approximate surface area is 132 Å². The minimum absolute atomic E-state index is 0.474. The quantitative estimate of drug-likeness (QED) is 0.903. The standard InChI is InChI=1S/C16H24N2O3S/c1-13(2)22(20,21)12-16(19)17-14-6-8-15(9-7-14)18-10-4-3-5-11-18/h6-9,13H,3-5,10-12H2,1-2H3,(H,17,19). The van der Waals surface area contributed by atoms with Crippen molar-refractivity contribution in [3.63, 3.8) is 0 Å². The molecule has 0 aliphatic carbocycles. The first-order valence-corrected chi connectivity index (χ1v) is 9.46. The van der Waals surface area contributed by atoms with Gasteiger partial charge < -0.3 is 10.2 Å². The molecule has 1 aliphatic rings. The fourth-order valence-electron chi connectivity index (χ4n) is 2.45. The molecular weight excluding hydrogens is 300 g/mol. The Morgan fingerprint density at radius 2 is 1.73 bits per heavy atom. The van der Waals surface area contributed by atoms with Gasteiger partial charge in [0.05, 0.1) is 5.25 Å². The van der Waals surface area contributed by atoms with E-state index in [1.165, 1.54) is 19.3 Å². The summed E-state index contributed by atoms with van der Waals surface area (Å²) in [5.41, 5.74) is 1.78. The molecule has 0 aromatic heterocycles. The Kier molecular flexibility index (Phi) is 5.45. The molecule has 1 amide bonds. The van der Waals surface area contributed by atoms with Gasteiger partial charge in [-0.2, -0.15) is 0 Å². The molecule has 1 fully saturated rings. The highest BCUT2D eigenvalue weighted by Crippen LogP contribution is 2.21. The van der Waals surface area contributed by atoms with E-state index >= 15 is 0 Å². The van der Waals surface area contributed by atoms with E-state index in [9.17, 15) is 13.2 Å². The third-order valence-corrected chi connectivity index (χ3v) is 6.02. The lowest BCUT2D eigenvalue weighted by molar-refractivity contribution is -0.113. The van der Waals surface area contributed by atoms with Crippen molar-refractivity contribution in [2.75, 3.05) is 29.1 Å². The molecule has 0 radical (unpaired) electrons. The summed E-state index contributed by atoms with van der Waals surface area (Å²) in [4.78, 5) is 14.2. The van der Waals surface area contributed by atoms with Gasteiger partial charge in [-0.15, -0.1) is 0 Å². The first kappa shape index (κ1) is 16.8. The van der Waals surface area contributed by atoms with Crippen LogP contribution in [0.2, 0.25) is 0 Å². The zero-order valence-corrected chi connectivity index (χ0v) is 14.0. The van der Waals surface area contributed by atoms with Gasteiger partial charge in [-0.25, -0.2) is 8.42 Å². The van der Waals surface area contributed by atoms with Crippen LogP contribution in [0.5, 0.6) is 0 Å². The number of anilines is 2. The number of rotatable bonds is 5. The van der Waals surface area contributed by atoms with E-state index in [1.54, 1.807) is 13.8 Å². The molecule has 0 saturated carbocycles. The molecule has 5 nitrogen and oxygen atoms in total. The lowest BCUT2D eigenvalue weighted by atomic mass is 10.1. The van der Waals surface area contributed by atoms with E-state index in [2.05, 4.69) is 10.2 Å². The molecule has 2 rings (SSSR count). The highest BCUT2D eigenvalue weighted by Gasteiger charge is 2.20. The lowest BCUT2D eigenvalue weighted by Gasteiger charge is -2.28. The Bertz CT molecular complexity index is 603. The van der Waals surface area contributed by atoms with E-state index in [0.29, 0.717) is 5.69 Å². The molecule has 1 heterocycles. The molecule has 22 heavy (non-hydrogen) atoms. The van der Waals surface area contributed by atoms with E-state index in [4.69, 9.17) is 0 Å². The monoisotopic (exact) mass is 324 g/mol. The second kappa shape index (κ2) is 7.13. The van der Waals surface area contributed by atoms with Crippen LogP contribution in [0.15, 0.2) is 24.3 Å². The molecule has 0 bridgehead atoms. The number of nitrogens with one attached hydrogen (secondary N) is 1. The van der Waals surface area contributed by atoms with Crippen LogP contribution in [0.4, 0.5) is 11.4 Å². The summed E-state index contributed by atoms with van der Waals surface area (Å²) >= 11 is 0. The molecule has 1 aliphatic heterocycles. The molecule has 1 aromatic rings. The van der Waals surface area contributed by atoms with Gasteiger partial charge in [0.15, 0.2) is 9.84 Å². The maximum atomic E-state index is 11.8. The van der Waals surface area contributed by atoms with Crippen molar-refractivity contribution >= 4 is 27.1 Å². The van der Waals surface area contributed by atoms with Crippen LogP contribution in [-0.2, 0) is 14.6 Å². The molecule has 0 unspecified atom stereocenters. The molecular formula is C16H24N2O3S. The topological polar surface area (TPSA) is 66.5 Å². The van der Waals surface area contributed by atoms with Crippen molar-refractivity contribution in [2.45, 2.75) is 38.4 Å². The molecule has 1 aromatic carbocycles. The predicted octanol–water partition coefficient (Wildman–Crippen LogP) is 2.44. The highest BCUT2D eigenvalue weighted by atomic mass is 32.2.